The first-order chi connectivity index (χ1) is 9.60. The van der Waals surface area contributed by atoms with Gasteiger partial charge in [0.1, 0.15) is 11.5 Å². The largest absolute Gasteiger partial charge is 0.497 e. The van der Waals surface area contributed by atoms with Crippen molar-refractivity contribution in [3.8, 4) is 11.5 Å². The minimum atomic E-state index is -0.844. The highest BCUT2D eigenvalue weighted by Gasteiger charge is 2.35. The lowest BCUT2D eigenvalue weighted by Crippen LogP contribution is -2.53. The summed E-state index contributed by atoms with van der Waals surface area (Å²) in [7, 11) is 1.59. The van der Waals surface area contributed by atoms with Crippen LogP contribution in [0, 0.1) is 5.92 Å². The van der Waals surface area contributed by atoms with E-state index in [-0.39, 0.29) is 18.9 Å². The maximum Gasteiger partial charge on any atom is 0.310 e. The van der Waals surface area contributed by atoms with E-state index in [0.717, 1.165) is 5.75 Å². The lowest BCUT2D eigenvalue weighted by atomic mass is 10.0. The molecular formula is C14H17NO5. The number of carbonyl (C=O) groups is 2. The van der Waals surface area contributed by atoms with Gasteiger partial charge in [-0.05, 0) is 24.3 Å². The molecule has 1 saturated heterocycles. The number of carbonyl (C=O) groups excluding carboxylic acids is 1. The van der Waals surface area contributed by atoms with Crippen LogP contribution in [0.3, 0.4) is 0 Å². The predicted molar refractivity (Wildman–Crippen MR) is 70.8 cm³/mol. The van der Waals surface area contributed by atoms with Gasteiger partial charge in [-0.3, -0.25) is 9.59 Å². The smallest absolute Gasteiger partial charge is 0.310 e. The number of carboxylic acids is 1. The first-order valence-electron chi connectivity index (χ1n) is 6.37. The van der Waals surface area contributed by atoms with Crippen molar-refractivity contribution < 1.29 is 24.2 Å². The second kappa shape index (κ2) is 6.27. The Labute approximate surface area is 116 Å². The molecule has 6 nitrogen and oxygen atoms in total. The molecule has 0 bridgehead atoms. The van der Waals surface area contributed by atoms with Crippen LogP contribution in [-0.2, 0) is 9.59 Å². The highest BCUT2D eigenvalue weighted by Crippen LogP contribution is 2.18. The monoisotopic (exact) mass is 279 g/mol. The van der Waals surface area contributed by atoms with E-state index in [1.807, 2.05) is 0 Å². The molecule has 1 heterocycles. The van der Waals surface area contributed by atoms with Gasteiger partial charge in [-0.15, -0.1) is 0 Å². The fraction of sp³-hybridized carbons (Fsp3) is 0.429. The zero-order valence-electron chi connectivity index (χ0n) is 11.2. The molecule has 1 fully saturated rings. The average molecular weight is 279 g/mol. The summed E-state index contributed by atoms with van der Waals surface area (Å²) in [6.07, 6.45) is 0.248. The second-order valence-electron chi connectivity index (χ2n) is 4.61. The van der Waals surface area contributed by atoms with Crippen LogP contribution in [0.15, 0.2) is 24.3 Å². The van der Waals surface area contributed by atoms with Crippen LogP contribution in [0.25, 0.3) is 0 Å². The molecule has 1 N–H and O–H groups in total. The molecule has 108 valence electrons. The number of amides is 1. The Kier molecular flexibility index (Phi) is 4.45. The van der Waals surface area contributed by atoms with E-state index in [2.05, 4.69) is 0 Å². The Morgan fingerprint density at radius 1 is 1.25 bits per heavy atom. The van der Waals surface area contributed by atoms with Crippen molar-refractivity contribution in [2.45, 2.75) is 6.42 Å². The summed E-state index contributed by atoms with van der Waals surface area (Å²) >= 11 is 0. The molecule has 1 aliphatic rings. The van der Waals surface area contributed by atoms with Crippen molar-refractivity contribution in [3.05, 3.63) is 24.3 Å². The van der Waals surface area contributed by atoms with Gasteiger partial charge < -0.3 is 19.5 Å². The molecule has 1 amide bonds. The summed E-state index contributed by atoms with van der Waals surface area (Å²) in [6, 6.07) is 7.11. The molecule has 2 rings (SSSR count). The third-order valence-corrected chi connectivity index (χ3v) is 3.23. The van der Waals surface area contributed by atoms with Crippen LogP contribution in [0.2, 0.25) is 0 Å². The minimum absolute atomic E-state index is 0.0731. The number of hydrogen-bond acceptors (Lipinski definition) is 4. The van der Waals surface area contributed by atoms with E-state index in [4.69, 9.17) is 14.6 Å². The first kappa shape index (κ1) is 14.2. The van der Waals surface area contributed by atoms with Gasteiger partial charge in [0.2, 0.25) is 5.91 Å². The Hall–Kier alpha value is -2.24. The van der Waals surface area contributed by atoms with Gasteiger partial charge in [0, 0.05) is 13.1 Å². The SMILES string of the molecule is COc1ccc(OCCC(=O)N2CC(C(=O)O)C2)cc1. The third kappa shape index (κ3) is 3.40. The van der Waals surface area contributed by atoms with Gasteiger partial charge in [0.15, 0.2) is 0 Å². The van der Waals surface area contributed by atoms with Crippen LogP contribution in [0.1, 0.15) is 6.42 Å². The van der Waals surface area contributed by atoms with Crippen molar-refractivity contribution in [2.24, 2.45) is 5.92 Å². The van der Waals surface area contributed by atoms with E-state index < -0.39 is 11.9 Å². The van der Waals surface area contributed by atoms with Crippen molar-refractivity contribution in [1.82, 2.24) is 4.90 Å². The Morgan fingerprint density at radius 3 is 2.40 bits per heavy atom. The molecule has 0 radical (unpaired) electrons. The van der Waals surface area contributed by atoms with Crippen molar-refractivity contribution in [3.63, 3.8) is 0 Å². The van der Waals surface area contributed by atoms with Gasteiger partial charge in [0.05, 0.1) is 26.1 Å². The molecule has 0 unspecified atom stereocenters. The van der Waals surface area contributed by atoms with Gasteiger partial charge in [0.25, 0.3) is 0 Å². The van der Waals surface area contributed by atoms with Crippen molar-refractivity contribution in [1.29, 1.82) is 0 Å². The topological polar surface area (TPSA) is 76.1 Å². The molecule has 0 saturated carbocycles. The number of likely N-dealkylation sites (tertiary alicyclic amines) is 1. The van der Waals surface area contributed by atoms with E-state index in [1.54, 1.807) is 31.4 Å². The summed E-state index contributed by atoms with van der Waals surface area (Å²) in [5.41, 5.74) is 0. The highest BCUT2D eigenvalue weighted by atomic mass is 16.5. The molecule has 1 aliphatic heterocycles. The number of rotatable bonds is 6. The molecule has 0 atom stereocenters. The van der Waals surface area contributed by atoms with Crippen molar-refractivity contribution in [2.75, 3.05) is 26.8 Å². The first-order valence-corrected chi connectivity index (χ1v) is 6.37. The maximum atomic E-state index is 11.7. The number of benzene rings is 1. The Morgan fingerprint density at radius 2 is 1.85 bits per heavy atom. The van der Waals surface area contributed by atoms with E-state index in [1.165, 1.54) is 4.90 Å². The lowest BCUT2D eigenvalue weighted by Gasteiger charge is -2.36. The molecule has 0 aliphatic carbocycles. The number of ether oxygens (including phenoxy) is 2. The third-order valence-electron chi connectivity index (χ3n) is 3.23. The number of hydrogen-bond donors (Lipinski definition) is 1. The normalized spacial score (nSPS) is 14.6. The van der Waals surface area contributed by atoms with Crippen LogP contribution in [-0.4, -0.2) is 48.7 Å². The predicted octanol–water partition coefficient (Wildman–Crippen LogP) is 1.01. The zero-order valence-corrected chi connectivity index (χ0v) is 11.2. The summed E-state index contributed by atoms with van der Waals surface area (Å²) in [6.45, 7) is 0.882. The van der Waals surface area contributed by atoms with Gasteiger partial charge >= 0.3 is 5.97 Å². The summed E-state index contributed by atoms with van der Waals surface area (Å²) in [5, 5.41) is 8.73. The molecule has 0 spiro atoms. The molecule has 1 aromatic carbocycles. The van der Waals surface area contributed by atoms with E-state index >= 15 is 0 Å². The fourth-order valence-corrected chi connectivity index (χ4v) is 1.92. The van der Waals surface area contributed by atoms with Crippen LogP contribution < -0.4 is 9.47 Å². The van der Waals surface area contributed by atoms with Crippen molar-refractivity contribution >= 4 is 11.9 Å². The Balaban J connectivity index is 1.68. The lowest BCUT2D eigenvalue weighted by molar-refractivity contribution is -0.152. The van der Waals surface area contributed by atoms with Gasteiger partial charge in [-0.25, -0.2) is 0 Å². The minimum Gasteiger partial charge on any atom is -0.497 e. The number of carboxylic acid groups (broad SMARTS) is 1. The Bertz CT molecular complexity index is 479. The standard InChI is InChI=1S/C14H17NO5/c1-19-11-2-4-12(5-3-11)20-7-6-13(16)15-8-10(9-15)14(17)18/h2-5,10H,6-9H2,1H3,(H,17,18). The van der Waals surface area contributed by atoms with Crippen LogP contribution in [0.5, 0.6) is 11.5 Å². The van der Waals surface area contributed by atoms with E-state index in [9.17, 15) is 9.59 Å². The van der Waals surface area contributed by atoms with Crippen LogP contribution >= 0.6 is 0 Å². The zero-order chi connectivity index (χ0) is 14.5. The number of methoxy groups -OCH3 is 1. The van der Waals surface area contributed by atoms with Crippen LogP contribution in [0.4, 0.5) is 0 Å². The second-order valence-corrected chi connectivity index (χ2v) is 4.61. The highest BCUT2D eigenvalue weighted by molar-refractivity contribution is 5.81. The summed E-state index contributed by atoms with van der Waals surface area (Å²) < 4.78 is 10.5. The number of aliphatic carboxylic acids is 1. The van der Waals surface area contributed by atoms with Gasteiger partial charge in [-0.1, -0.05) is 0 Å². The molecule has 1 aromatic rings. The number of nitrogens with zero attached hydrogens (tertiary/aromatic N) is 1. The molecule has 0 aromatic heterocycles. The summed E-state index contributed by atoms with van der Waals surface area (Å²) in [4.78, 5) is 23.9. The molecular weight excluding hydrogens is 262 g/mol. The van der Waals surface area contributed by atoms with Gasteiger partial charge in [-0.2, -0.15) is 0 Å². The maximum absolute atomic E-state index is 11.7. The quantitative estimate of drug-likeness (QED) is 0.841. The molecule has 6 heteroatoms. The molecule has 20 heavy (non-hydrogen) atoms. The fourth-order valence-electron chi connectivity index (χ4n) is 1.92. The van der Waals surface area contributed by atoms with E-state index in [0.29, 0.717) is 18.8 Å². The summed E-state index contributed by atoms with van der Waals surface area (Å²) in [5.74, 6) is 0.0836. The average Bonchev–Trinajstić information content (AvgIpc) is 2.37.